The number of likely N-dealkylation sites (N-methyl/N-ethyl adjacent to an activating group) is 1. The van der Waals surface area contributed by atoms with Crippen LogP contribution in [0.2, 0.25) is 0 Å². The number of nitrogens with one attached hydrogen (secondary N) is 2. The van der Waals surface area contributed by atoms with Crippen LogP contribution >= 0.6 is 0 Å². The molecule has 172 valence electrons. The van der Waals surface area contributed by atoms with Crippen molar-refractivity contribution in [2.75, 3.05) is 32.4 Å². The first kappa shape index (κ1) is 26.4. The number of carboxylic acid groups (broad SMARTS) is 1. The van der Waals surface area contributed by atoms with Crippen LogP contribution in [0.1, 0.15) is 63.9 Å². The molecular formula is C22H40N3O4S+. The zero-order valence-corrected chi connectivity index (χ0v) is 19.8. The van der Waals surface area contributed by atoms with Crippen molar-refractivity contribution >= 4 is 21.9 Å². The molecule has 0 aliphatic heterocycles. The molecule has 1 aromatic rings. The summed E-state index contributed by atoms with van der Waals surface area (Å²) in [5, 5.41) is 9.08. The third-order valence-electron chi connectivity index (χ3n) is 4.79. The Morgan fingerprint density at radius 3 is 2.10 bits per heavy atom. The normalized spacial score (nSPS) is 13.2. The summed E-state index contributed by atoms with van der Waals surface area (Å²) in [6, 6.07) is 6.69. The molecule has 0 aromatic heterocycles. The lowest BCUT2D eigenvalue weighted by atomic mass is 10.0. The van der Waals surface area contributed by atoms with Crippen LogP contribution in [0, 0.1) is 0 Å². The maximum Gasteiger partial charge on any atom is 0.305 e. The second-order valence-corrected chi connectivity index (χ2v) is 10.5. The van der Waals surface area contributed by atoms with Gasteiger partial charge in [-0.15, -0.1) is 0 Å². The fraction of sp³-hybridized carbons (Fsp3) is 0.682. The van der Waals surface area contributed by atoms with Crippen LogP contribution in [0.3, 0.4) is 0 Å². The number of rotatable bonds is 16. The largest absolute Gasteiger partial charge is 0.481 e. The van der Waals surface area contributed by atoms with E-state index in [0.717, 1.165) is 12.8 Å². The van der Waals surface area contributed by atoms with E-state index in [1.165, 1.54) is 44.1 Å². The molecule has 0 aliphatic rings. The highest BCUT2D eigenvalue weighted by Gasteiger charge is 2.25. The number of anilines is 1. The Bertz CT molecular complexity index is 728. The second kappa shape index (κ2) is 12.9. The van der Waals surface area contributed by atoms with Gasteiger partial charge in [0.1, 0.15) is 0 Å². The van der Waals surface area contributed by atoms with Crippen LogP contribution in [-0.2, 0) is 21.4 Å². The maximum atomic E-state index is 12.5. The SMILES string of the molecule is CCCCCCCCCc1ccc(NS(=O)(=O)N[C@@H](CC(=O)O)C[N+](C)(C)C)cc1. The molecule has 8 heteroatoms. The average molecular weight is 443 g/mol. The summed E-state index contributed by atoms with van der Waals surface area (Å²) < 4.78 is 30.3. The molecule has 1 atom stereocenters. The molecule has 0 bridgehead atoms. The minimum Gasteiger partial charge on any atom is -0.481 e. The standard InChI is InChI=1S/C22H39N3O4S/c1-5-6-7-8-9-10-11-12-19-13-15-20(16-14-19)23-30(28,29)24-21(17-22(26)27)18-25(2,3)4/h13-16,21,23-24H,5-12,17-18H2,1-4H3/p+1/t21-/m0/s1. The number of nitrogens with zero attached hydrogens (tertiary/aromatic N) is 1. The van der Waals surface area contributed by atoms with E-state index in [4.69, 9.17) is 5.11 Å². The number of aryl methyl sites for hydroxylation is 1. The Hall–Kier alpha value is -1.64. The number of carboxylic acids is 1. The van der Waals surface area contributed by atoms with E-state index in [-0.39, 0.29) is 6.42 Å². The van der Waals surface area contributed by atoms with Crippen molar-refractivity contribution in [3.05, 3.63) is 29.8 Å². The van der Waals surface area contributed by atoms with Gasteiger partial charge in [-0.25, -0.2) is 0 Å². The van der Waals surface area contributed by atoms with Gasteiger partial charge in [0.2, 0.25) is 0 Å². The zero-order valence-electron chi connectivity index (χ0n) is 19.0. The summed E-state index contributed by atoms with van der Waals surface area (Å²) in [6.45, 7) is 2.59. The molecular weight excluding hydrogens is 402 g/mol. The van der Waals surface area contributed by atoms with Gasteiger partial charge in [-0.05, 0) is 30.5 Å². The van der Waals surface area contributed by atoms with Crippen molar-refractivity contribution < 1.29 is 22.8 Å². The van der Waals surface area contributed by atoms with E-state index < -0.39 is 22.2 Å². The molecule has 0 saturated heterocycles. The van der Waals surface area contributed by atoms with Gasteiger partial charge in [0.05, 0.1) is 40.2 Å². The van der Waals surface area contributed by atoms with Crippen LogP contribution in [0.4, 0.5) is 5.69 Å². The fourth-order valence-electron chi connectivity index (χ4n) is 3.45. The predicted octanol–water partition coefficient (Wildman–Crippen LogP) is 3.78. The van der Waals surface area contributed by atoms with Crippen molar-refractivity contribution in [3.63, 3.8) is 0 Å². The number of benzene rings is 1. The van der Waals surface area contributed by atoms with E-state index in [9.17, 15) is 13.2 Å². The third kappa shape index (κ3) is 12.8. The first-order valence-electron chi connectivity index (χ1n) is 10.9. The topological polar surface area (TPSA) is 95.5 Å². The minimum absolute atomic E-state index is 0.270. The quantitative estimate of drug-likeness (QED) is 0.268. The lowest BCUT2D eigenvalue weighted by molar-refractivity contribution is -0.871. The molecule has 0 saturated carbocycles. The second-order valence-electron chi connectivity index (χ2n) is 9.06. The number of aliphatic carboxylic acids is 1. The zero-order chi connectivity index (χ0) is 22.6. The first-order chi connectivity index (χ1) is 14.0. The first-order valence-corrected chi connectivity index (χ1v) is 12.4. The van der Waals surface area contributed by atoms with Gasteiger partial charge >= 0.3 is 5.97 Å². The Balaban J connectivity index is 2.53. The summed E-state index contributed by atoms with van der Waals surface area (Å²) in [6.07, 6.45) is 9.56. The van der Waals surface area contributed by atoms with Gasteiger partial charge in [0.15, 0.2) is 0 Å². The molecule has 30 heavy (non-hydrogen) atoms. The highest BCUT2D eigenvalue weighted by Crippen LogP contribution is 2.15. The molecule has 1 rings (SSSR count). The molecule has 3 N–H and O–H groups in total. The molecule has 0 fully saturated rings. The monoisotopic (exact) mass is 442 g/mol. The van der Waals surface area contributed by atoms with E-state index in [1.807, 2.05) is 33.3 Å². The lowest BCUT2D eigenvalue weighted by Crippen LogP contribution is -2.50. The van der Waals surface area contributed by atoms with E-state index in [2.05, 4.69) is 16.4 Å². The van der Waals surface area contributed by atoms with Crippen molar-refractivity contribution in [1.29, 1.82) is 0 Å². The van der Waals surface area contributed by atoms with Gasteiger partial charge in [-0.2, -0.15) is 13.1 Å². The lowest BCUT2D eigenvalue weighted by Gasteiger charge is -2.29. The van der Waals surface area contributed by atoms with Crippen LogP contribution in [0.25, 0.3) is 0 Å². The summed E-state index contributed by atoms with van der Waals surface area (Å²) >= 11 is 0. The van der Waals surface area contributed by atoms with Crippen molar-refractivity contribution in [1.82, 2.24) is 4.72 Å². The van der Waals surface area contributed by atoms with Gasteiger partial charge in [-0.1, -0.05) is 57.6 Å². The summed E-state index contributed by atoms with van der Waals surface area (Å²) in [7, 11) is 1.80. The van der Waals surface area contributed by atoms with Crippen LogP contribution in [0.5, 0.6) is 0 Å². The number of hydrogen-bond acceptors (Lipinski definition) is 3. The molecule has 1 aromatic carbocycles. The van der Waals surface area contributed by atoms with Gasteiger partial charge in [0.25, 0.3) is 10.2 Å². The number of unbranched alkanes of at least 4 members (excludes halogenated alkanes) is 6. The van der Waals surface area contributed by atoms with Gasteiger partial charge < -0.3 is 9.59 Å². The average Bonchev–Trinajstić information content (AvgIpc) is 2.59. The van der Waals surface area contributed by atoms with Crippen molar-refractivity contribution in [3.8, 4) is 0 Å². The summed E-state index contributed by atoms with van der Waals surface area (Å²) in [5.74, 6) is -1.04. The highest BCUT2D eigenvalue weighted by molar-refractivity contribution is 7.90. The van der Waals surface area contributed by atoms with Crippen molar-refractivity contribution in [2.45, 2.75) is 70.8 Å². The number of quaternary nitrogens is 1. The maximum absolute atomic E-state index is 12.5. The number of hydrogen-bond donors (Lipinski definition) is 3. The molecule has 0 aliphatic carbocycles. The van der Waals surface area contributed by atoms with E-state index in [0.29, 0.717) is 16.7 Å². The molecule has 0 radical (unpaired) electrons. The van der Waals surface area contributed by atoms with Gasteiger partial charge in [0, 0.05) is 5.69 Å². The van der Waals surface area contributed by atoms with Gasteiger partial charge in [-0.3, -0.25) is 9.52 Å². The summed E-state index contributed by atoms with van der Waals surface area (Å²) in [4.78, 5) is 11.1. The predicted molar refractivity (Wildman–Crippen MR) is 123 cm³/mol. The fourth-order valence-corrected chi connectivity index (χ4v) is 4.55. The molecule has 0 heterocycles. The smallest absolute Gasteiger partial charge is 0.305 e. The van der Waals surface area contributed by atoms with E-state index >= 15 is 0 Å². The van der Waals surface area contributed by atoms with Crippen LogP contribution < -0.4 is 9.44 Å². The minimum atomic E-state index is -3.87. The Labute approximate surface area is 182 Å². The van der Waals surface area contributed by atoms with Crippen molar-refractivity contribution in [2.24, 2.45) is 0 Å². The molecule has 0 amide bonds. The summed E-state index contributed by atoms with van der Waals surface area (Å²) in [5.41, 5.74) is 1.65. The Kier molecular flexibility index (Phi) is 11.4. The molecule has 0 unspecified atom stereocenters. The Morgan fingerprint density at radius 2 is 1.57 bits per heavy atom. The molecule has 0 spiro atoms. The third-order valence-corrected chi connectivity index (χ3v) is 5.93. The van der Waals surface area contributed by atoms with Crippen LogP contribution in [0.15, 0.2) is 24.3 Å². The van der Waals surface area contributed by atoms with E-state index in [1.54, 1.807) is 12.1 Å². The highest BCUT2D eigenvalue weighted by atomic mass is 32.2. The molecule has 7 nitrogen and oxygen atoms in total. The number of carbonyl (C=O) groups is 1. The van der Waals surface area contributed by atoms with Crippen LogP contribution in [-0.4, -0.2) is 57.7 Å². The Morgan fingerprint density at radius 1 is 1.00 bits per heavy atom.